The second-order valence-electron chi connectivity index (χ2n) is 2.90. The minimum atomic E-state index is -0.143. The van der Waals surface area contributed by atoms with E-state index in [4.69, 9.17) is 4.74 Å². The number of benzene rings is 1. The molecule has 0 spiro atoms. The van der Waals surface area contributed by atoms with Crippen LogP contribution in [-0.2, 0) is 6.42 Å². The van der Waals surface area contributed by atoms with Crippen LogP contribution in [0.2, 0.25) is 0 Å². The molecule has 0 N–H and O–H groups in total. The molecule has 0 fully saturated rings. The van der Waals surface area contributed by atoms with Gasteiger partial charge in [0.2, 0.25) is 0 Å². The van der Waals surface area contributed by atoms with E-state index >= 15 is 0 Å². The van der Waals surface area contributed by atoms with Gasteiger partial charge in [-0.15, -0.1) is 9.24 Å². The topological polar surface area (TPSA) is 9.23 Å². The molecular formula is C9H10FOP. The Balaban J connectivity index is 2.57. The lowest BCUT2D eigenvalue weighted by Crippen LogP contribution is -2.15. The van der Waals surface area contributed by atoms with E-state index < -0.39 is 0 Å². The second kappa shape index (κ2) is 3.02. The maximum Gasteiger partial charge on any atom is 0.132 e. The molecule has 12 heavy (non-hydrogen) atoms. The van der Waals surface area contributed by atoms with E-state index in [1.54, 1.807) is 6.07 Å². The van der Waals surface area contributed by atoms with E-state index in [9.17, 15) is 4.39 Å². The van der Waals surface area contributed by atoms with E-state index in [1.165, 1.54) is 6.07 Å². The van der Waals surface area contributed by atoms with E-state index in [0.717, 1.165) is 29.5 Å². The Morgan fingerprint density at radius 3 is 3.00 bits per heavy atom. The molecule has 64 valence electrons. The molecule has 1 heterocycles. The lowest BCUT2D eigenvalue weighted by molar-refractivity contribution is 0.287. The van der Waals surface area contributed by atoms with Crippen LogP contribution in [0.25, 0.3) is 0 Å². The first-order chi connectivity index (χ1) is 5.79. The molecule has 1 atom stereocenters. The highest BCUT2D eigenvalue weighted by molar-refractivity contribution is 7.27. The minimum Gasteiger partial charge on any atom is -0.493 e. The lowest BCUT2D eigenvalue weighted by atomic mass is 10.1. The second-order valence-corrected chi connectivity index (χ2v) is 3.52. The van der Waals surface area contributed by atoms with Gasteiger partial charge in [-0.3, -0.25) is 0 Å². The van der Waals surface area contributed by atoms with E-state index in [1.807, 2.05) is 0 Å². The van der Waals surface area contributed by atoms with Crippen LogP contribution in [0.3, 0.4) is 0 Å². The molecule has 0 radical (unpaired) electrons. The third-order valence-corrected chi connectivity index (χ3v) is 2.51. The van der Waals surface area contributed by atoms with Gasteiger partial charge >= 0.3 is 0 Å². The monoisotopic (exact) mass is 184 g/mol. The van der Waals surface area contributed by atoms with Crippen molar-refractivity contribution >= 4 is 14.5 Å². The number of halogens is 1. The predicted octanol–water partition coefficient (Wildman–Crippen LogP) is 1.65. The Morgan fingerprint density at radius 2 is 2.25 bits per heavy atom. The van der Waals surface area contributed by atoms with Gasteiger partial charge in [-0.05, 0) is 25.0 Å². The maximum absolute atomic E-state index is 13.2. The summed E-state index contributed by atoms with van der Waals surface area (Å²) in [6, 6.07) is 3.22. The smallest absolute Gasteiger partial charge is 0.132 e. The van der Waals surface area contributed by atoms with Gasteiger partial charge in [-0.1, -0.05) is 0 Å². The first-order valence-corrected chi connectivity index (χ1v) is 4.56. The van der Waals surface area contributed by atoms with Gasteiger partial charge in [0.05, 0.1) is 6.61 Å². The van der Waals surface area contributed by atoms with Crippen LogP contribution in [0, 0.1) is 5.82 Å². The summed E-state index contributed by atoms with van der Waals surface area (Å²) in [5, 5.41) is 0.950. The minimum absolute atomic E-state index is 0.143. The zero-order valence-corrected chi connectivity index (χ0v) is 7.79. The summed E-state index contributed by atoms with van der Waals surface area (Å²) in [7, 11) is 2.56. The van der Waals surface area contributed by atoms with Gasteiger partial charge in [-0.2, -0.15) is 0 Å². The van der Waals surface area contributed by atoms with Gasteiger partial charge in [0, 0.05) is 10.9 Å². The summed E-state index contributed by atoms with van der Waals surface area (Å²) in [5.74, 6) is 0.585. The molecule has 1 aromatic rings. The van der Waals surface area contributed by atoms with Crippen molar-refractivity contribution in [3.05, 3.63) is 23.5 Å². The molecule has 0 bridgehead atoms. The standard InChI is InChI=1S/C9H10FOP/c10-7-3-4-8(12)9-6(7)2-1-5-11-9/h3-4H,1-2,5,12H2. The number of hydrogen-bond acceptors (Lipinski definition) is 1. The summed E-state index contributed by atoms with van der Waals surface area (Å²) in [6.07, 6.45) is 1.71. The van der Waals surface area contributed by atoms with Gasteiger partial charge < -0.3 is 4.74 Å². The first kappa shape index (κ1) is 8.00. The van der Waals surface area contributed by atoms with Crippen LogP contribution in [-0.4, -0.2) is 6.61 Å². The average Bonchev–Trinajstić information content (AvgIpc) is 2.12. The molecule has 0 saturated heterocycles. The molecule has 0 aliphatic carbocycles. The van der Waals surface area contributed by atoms with E-state index in [0.29, 0.717) is 6.61 Å². The molecule has 3 heteroatoms. The van der Waals surface area contributed by atoms with Gasteiger partial charge in [0.1, 0.15) is 11.6 Å². The van der Waals surface area contributed by atoms with Crippen LogP contribution in [0.15, 0.2) is 12.1 Å². The zero-order chi connectivity index (χ0) is 8.55. The summed E-state index contributed by atoms with van der Waals surface area (Å²) in [4.78, 5) is 0. The van der Waals surface area contributed by atoms with Crippen LogP contribution in [0.5, 0.6) is 5.75 Å². The third-order valence-electron chi connectivity index (χ3n) is 2.05. The molecule has 2 rings (SSSR count). The van der Waals surface area contributed by atoms with Gasteiger partial charge in [0.15, 0.2) is 0 Å². The van der Waals surface area contributed by atoms with Crippen molar-refractivity contribution in [1.29, 1.82) is 0 Å². The number of fused-ring (bicyclic) bond motifs is 1. The van der Waals surface area contributed by atoms with E-state index in [-0.39, 0.29) is 5.82 Å². The lowest BCUT2D eigenvalue weighted by Gasteiger charge is -2.19. The fraction of sp³-hybridized carbons (Fsp3) is 0.333. The summed E-state index contributed by atoms with van der Waals surface area (Å²) in [5.41, 5.74) is 0.730. The van der Waals surface area contributed by atoms with E-state index in [2.05, 4.69) is 9.24 Å². The molecule has 0 aromatic heterocycles. The van der Waals surface area contributed by atoms with Crippen molar-refractivity contribution < 1.29 is 9.13 Å². The fourth-order valence-corrected chi connectivity index (χ4v) is 1.80. The van der Waals surface area contributed by atoms with Crippen LogP contribution < -0.4 is 10.0 Å². The first-order valence-electron chi connectivity index (χ1n) is 3.98. The Labute approximate surface area is 73.1 Å². The van der Waals surface area contributed by atoms with Gasteiger partial charge in [-0.25, -0.2) is 4.39 Å². The third kappa shape index (κ3) is 1.21. The number of rotatable bonds is 0. The zero-order valence-electron chi connectivity index (χ0n) is 6.64. The number of hydrogen-bond donors (Lipinski definition) is 0. The summed E-state index contributed by atoms with van der Waals surface area (Å²) in [6.45, 7) is 0.706. The van der Waals surface area contributed by atoms with Crippen LogP contribution in [0.4, 0.5) is 4.39 Å². The Hall–Kier alpha value is -0.620. The predicted molar refractivity (Wildman–Crippen MR) is 49.6 cm³/mol. The molecular weight excluding hydrogens is 174 g/mol. The van der Waals surface area contributed by atoms with Crippen molar-refractivity contribution in [2.45, 2.75) is 12.8 Å². The Bertz CT molecular complexity index is 281. The fourth-order valence-electron chi connectivity index (χ4n) is 1.45. The molecule has 0 amide bonds. The maximum atomic E-state index is 13.2. The summed E-state index contributed by atoms with van der Waals surface area (Å²) < 4.78 is 18.5. The average molecular weight is 184 g/mol. The molecule has 1 aliphatic heterocycles. The SMILES string of the molecule is Fc1ccc(P)c2c1CCCO2. The van der Waals surface area contributed by atoms with Gasteiger partial charge in [0.25, 0.3) is 0 Å². The number of ether oxygens (including phenoxy) is 1. The van der Waals surface area contributed by atoms with Crippen molar-refractivity contribution in [2.75, 3.05) is 6.61 Å². The molecule has 0 saturated carbocycles. The van der Waals surface area contributed by atoms with Crippen molar-refractivity contribution in [3.8, 4) is 5.75 Å². The molecule has 1 unspecified atom stereocenters. The van der Waals surface area contributed by atoms with Crippen molar-refractivity contribution in [3.63, 3.8) is 0 Å². The van der Waals surface area contributed by atoms with Crippen LogP contribution >= 0.6 is 9.24 Å². The summed E-state index contributed by atoms with van der Waals surface area (Å²) >= 11 is 0. The largest absolute Gasteiger partial charge is 0.493 e. The highest BCUT2D eigenvalue weighted by Gasteiger charge is 2.16. The normalized spacial score (nSPS) is 15.2. The Kier molecular flexibility index (Phi) is 2.02. The van der Waals surface area contributed by atoms with Crippen molar-refractivity contribution in [1.82, 2.24) is 0 Å². The van der Waals surface area contributed by atoms with Crippen LogP contribution in [0.1, 0.15) is 12.0 Å². The molecule has 1 aliphatic rings. The quantitative estimate of drug-likeness (QED) is 0.557. The highest BCUT2D eigenvalue weighted by atomic mass is 31.0. The van der Waals surface area contributed by atoms with Crippen molar-refractivity contribution in [2.24, 2.45) is 0 Å². The molecule has 1 aromatic carbocycles. The molecule has 1 nitrogen and oxygen atoms in total. The highest BCUT2D eigenvalue weighted by Crippen LogP contribution is 2.26. The Morgan fingerprint density at radius 1 is 1.42 bits per heavy atom.